The monoisotopic (exact) mass is 391 g/mol. The number of carboxylic acids is 1. The number of aromatic carboxylic acids is 1. The number of aromatic amines is 1. The number of amides is 1. The molecule has 4 aromatic rings. The summed E-state index contributed by atoms with van der Waals surface area (Å²) in [4.78, 5) is 33.6. The van der Waals surface area contributed by atoms with E-state index in [0.29, 0.717) is 21.8 Å². The van der Waals surface area contributed by atoms with Crippen LogP contribution in [0, 0.1) is 0 Å². The Hall–Kier alpha value is -3.64. The molecule has 0 unspecified atom stereocenters. The SMILES string of the molecule is O=C(O)c1cccc2[nH]c(N(C(=O)c3ccccc3)c3ccccc3Cl)nc12. The maximum Gasteiger partial charge on any atom is 0.337 e. The number of H-pyrrole nitrogens is 1. The normalized spacial score (nSPS) is 10.8. The molecule has 0 atom stereocenters. The van der Waals surface area contributed by atoms with Gasteiger partial charge in [-0.2, -0.15) is 0 Å². The number of carboxylic acid groups (broad SMARTS) is 1. The van der Waals surface area contributed by atoms with Gasteiger partial charge < -0.3 is 10.1 Å². The first kappa shape index (κ1) is 17.8. The van der Waals surface area contributed by atoms with Gasteiger partial charge in [0.15, 0.2) is 0 Å². The Bertz CT molecular complexity index is 1190. The zero-order valence-corrected chi connectivity index (χ0v) is 15.2. The topological polar surface area (TPSA) is 86.3 Å². The molecule has 138 valence electrons. The van der Waals surface area contributed by atoms with E-state index in [4.69, 9.17) is 11.6 Å². The molecule has 2 N–H and O–H groups in total. The van der Waals surface area contributed by atoms with Crippen molar-refractivity contribution < 1.29 is 14.7 Å². The van der Waals surface area contributed by atoms with Crippen molar-refractivity contribution in [3.8, 4) is 0 Å². The first-order valence-corrected chi connectivity index (χ1v) is 8.80. The number of halogens is 1. The quantitative estimate of drug-likeness (QED) is 0.518. The lowest BCUT2D eigenvalue weighted by atomic mass is 10.2. The average Bonchev–Trinajstić information content (AvgIpc) is 3.13. The molecular weight excluding hydrogens is 378 g/mol. The summed E-state index contributed by atoms with van der Waals surface area (Å²) in [5.41, 5.74) is 1.71. The van der Waals surface area contributed by atoms with E-state index in [9.17, 15) is 14.7 Å². The molecule has 3 aromatic carbocycles. The Morgan fingerprint density at radius 1 is 0.929 bits per heavy atom. The Morgan fingerprint density at radius 3 is 2.36 bits per heavy atom. The van der Waals surface area contributed by atoms with Gasteiger partial charge in [-0.3, -0.25) is 4.79 Å². The van der Waals surface area contributed by atoms with Crippen molar-refractivity contribution >= 4 is 46.1 Å². The van der Waals surface area contributed by atoms with E-state index in [1.165, 1.54) is 11.0 Å². The molecule has 0 fully saturated rings. The van der Waals surface area contributed by atoms with Gasteiger partial charge in [-0.05, 0) is 36.4 Å². The summed E-state index contributed by atoms with van der Waals surface area (Å²) in [6, 6.07) is 20.4. The van der Waals surface area contributed by atoms with E-state index in [1.54, 1.807) is 60.7 Å². The molecule has 4 rings (SSSR count). The molecule has 0 saturated heterocycles. The van der Waals surface area contributed by atoms with Gasteiger partial charge in [-0.25, -0.2) is 14.7 Å². The zero-order valence-electron chi connectivity index (χ0n) is 14.5. The number of benzene rings is 3. The minimum absolute atomic E-state index is 0.0475. The number of aromatic nitrogens is 2. The second-order valence-electron chi connectivity index (χ2n) is 6.03. The van der Waals surface area contributed by atoms with Crippen molar-refractivity contribution in [2.75, 3.05) is 4.90 Å². The van der Waals surface area contributed by atoms with Crippen molar-refractivity contribution in [1.82, 2.24) is 9.97 Å². The number of nitrogens with one attached hydrogen (secondary N) is 1. The number of nitrogens with zero attached hydrogens (tertiary/aromatic N) is 2. The lowest BCUT2D eigenvalue weighted by Crippen LogP contribution is -2.27. The van der Waals surface area contributed by atoms with Gasteiger partial charge in [0.1, 0.15) is 5.52 Å². The Morgan fingerprint density at radius 2 is 1.64 bits per heavy atom. The van der Waals surface area contributed by atoms with Crippen LogP contribution in [0.15, 0.2) is 72.8 Å². The lowest BCUT2D eigenvalue weighted by Gasteiger charge is -2.21. The number of para-hydroxylation sites is 2. The lowest BCUT2D eigenvalue weighted by molar-refractivity contribution is 0.0698. The highest BCUT2D eigenvalue weighted by molar-refractivity contribution is 6.34. The minimum atomic E-state index is -1.10. The van der Waals surface area contributed by atoms with Crippen LogP contribution in [0.1, 0.15) is 20.7 Å². The number of carbonyl (C=O) groups excluding carboxylic acids is 1. The van der Waals surface area contributed by atoms with E-state index < -0.39 is 5.97 Å². The smallest absolute Gasteiger partial charge is 0.337 e. The molecule has 0 aliphatic heterocycles. The van der Waals surface area contributed by atoms with E-state index in [1.807, 2.05) is 6.07 Å². The molecular formula is C21H14ClN3O3. The van der Waals surface area contributed by atoms with Crippen LogP contribution in [0.4, 0.5) is 11.6 Å². The number of hydrogen-bond acceptors (Lipinski definition) is 3. The highest BCUT2D eigenvalue weighted by atomic mass is 35.5. The predicted molar refractivity (Wildman–Crippen MR) is 107 cm³/mol. The zero-order chi connectivity index (χ0) is 19.7. The summed E-state index contributed by atoms with van der Waals surface area (Å²) in [6.07, 6.45) is 0. The Kier molecular flexibility index (Phi) is 4.55. The molecule has 0 radical (unpaired) electrons. The first-order valence-electron chi connectivity index (χ1n) is 8.42. The van der Waals surface area contributed by atoms with Gasteiger partial charge in [0.25, 0.3) is 5.91 Å². The van der Waals surface area contributed by atoms with Crippen LogP contribution in [0.25, 0.3) is 11.0 Å². The van der Waals surface area contributed by atoms with Crippen LogP contribution in [-0.4, -0.2) is 27.0 Å². The molecule has 0 bridgehead atoms. The number of rotatable bonds is 4. The minimum Gasteiger partial charge on any atom is -0.478 e. The van der Waals surface area contributed by atoms with Gasteiger partial charge in [0.2, 0.25) is 5.95 Å². The Labute approximate surface area is 165 Å². The van der Waals surface area contributed by atoms with Crippen LogP contribution >= 0.6 is 11.6 Å². The van der Waals surface area contributed by atoms with Crippen LogP contribution in [0.3, 0.4) is 0 Å². The van der Waals surface area contributed by atoms with Crippen molar-refractivity contribution in [1.29, 1.82) is 0 Å². The molecule has 7 heteroatoms. The summed E-state index contributed by atoms with van der Waals surface area (Å²) in [5, 5.41) is 9.79. The van der Waals surface area contributed by atoms with Crippen molar-refractivity contribution in [2.45, 2.75) is 0 Å². The van der Waals surface area contributed by atoms with Crippen LogP contribution < -0.4 is 4.90 Å². The maximum atomic E-state index is 13.3. The van der Waals surface area contributed by atoms with Crippen molar-refractivity contribution in [2.24, 2.45) is 0 Å². The average molecular weight is 392 g/mol. The van der Waals surface area contributed by atoms with E-state index in [-0.39, 0.29) is 22.9 Å². The highest BCUT2D eigenvalue weighted by Gasteiger charge is 2.25. The third-order valence-corrected chi connectivity index (χ3v) is 4.58. The van der Waals surface area contributed by atoms with E-state index in [2.05, 4.69) is 9.97 Å². The first-order chi connectivity index (χ1) is 13.6. The van der Waals surface area contributed by atoms with Gasteiger partial charge in [0, 0.05) is 5.56 Å². The second kappa shape index (κ2) is 7.17. The van der Waals surface area contributed by atoms with E-state index in [0.717, 1.165) is 0 Å². The fraction of sp³-hybridized carbons (Fsp3) is 0. The summed E-state index contributed by atoms with van der Waals surface area (Å²) < 4.78 is 0. The van der Waals surface area contributed by atoms with E-state index >= 15 is 0 Å². The molecule has 28 heavy (non-hydrogen) atoms. The summed E-state index contributed by atoms with van der Waals surface area (Å²) in [5.74, 6) is -1.25. The molecule has 0 spiro atoms. The van der Waals surface area contributed by atoms with Crippen LogP contribution in [-0.2, 0) is 0 Å². The maximum absolute atomic E-state index is 13.3. The Balaban J connectivity index is 1.93. The van der Waals surface area contributed by atoms with Crippen molar-refractivity contribution in [3.05, 3.63) is 88.9 Å². The molecule has 0 aliphatic rings. The summed E-state index contributed by atoms with van der Waals surface area (Å²) in [6.45, 7) is 0. The van der Waals surface area contributed by atoms with Crippen molar-refractivity contribution in [3.63, 3.8) is 0 Å². The van der Waals surface area contributed by atoms with Gasteiger partial charge >= 0.3 is 5.97 Å². The van der Waals surface area contributed by atoms with Crippen LogP contribution in [0.2, 0.25) is 5.02 Å². The highest BCUT2D eigenvalue weighted by Crippen LogP contribution is 2.33. The molecule has 0 saturated carbocycles. The third kappa shape index (κ3) is 3.10. The summed E-state index contributed by atoms with van der Waals surface area (Å²) >= 11 is 6.35. The van der Waals surface area contributed by atoms with Gasteiger partial charge in [-0.1, -0.05) is 48.0 Å². The fourth-order valence-corrected chi connectivity index (χ4v) is 3.18. The number of fused-ring (bicyclic) bond motifs is 1. The third-order valence-electron chi connectivity index (χ3n) is 4.26. The second-order valence-corrected chi connectivity index (χ2v) is 6.43. The number of anilines is 2. The predicted octanol–water partition coefficient (Wildman–Crippen LogP) is 4.89. The molecule has 1 heterocycles. The fourth-order valence-electron chi connectivity index (χ4n) is 2.96. The largest absolute Gasteiger partial charge is 0.478 e. The molecule has 1 amide bonds. The summed E-state index contributed by atoms with van der Waals surface area (Å²) in [7, 11) is 0. The molecule has 6 nitrogen and oxygen atoms in total. The van der Waals surface area contributed by atoms with Gasteiger partial charge in [0.05, 0.1) is 21.8 Å². The number of carbonyl (C=O) groups is 2. The number of hydrogen-bond donors (Lipinski definition) is 2. The van der Waals surface area contributed by atoms with Gasteiger partial charge in [-0.15, -0.1) is 0 Å². The molecule has 1 aromatic heterocycles. The standard InChI is InChI=1S/C21H14ClN3O3/c22-15-10-4-5-12-17(15)25(19(26)13-7-2-1-3-8-13)21-23-16-11-6-9-14(20(27)28)18(16)24-21/h1-12H,(H,23,24)(H,27,28). The molecule has 0 aliphatic carbocycles. The number of imidazole rings is 1. The van der Waals surface area contributed by atoms with Crippen LogP contribution in [0.5, 0.6) is 0 Å².